The lowest BCUT2D eigenvalue weighted by molar-refractivity contribution is 0.151. The molecule has 2 aromatic carbocycles. The smallest absolute Gasteiger partial charge is 0.265 e. The quantitative estimate of drug-likeness (QED) is 0.378. The number of nitrogens with one attached hydrogen (secondary N) is 1. The second kappa shape index (κ2) is 8.90. The van der Waals surface area contributed by atoms with E-state index in [9.17, 15) is 17.6 Å². The normalized spacial score (nSPS) is 15.2. The number of hydrogen-bond acceptors (Lipinski definition) is 6. The number of alkyl halides is 2. The topological polar surface area (TPSA) is 68.1 Å². The molecule has 0 amide bonds. The summed E-state index contributed by atoms with van der Waals surface area (Å²) in [7, 11) is 1.72. The second-order valence-corrected chi connectivity index (χ2v) is 8.14. The lowest BCUT2D eigenvalue weighted by atomic mass is 10.0. The van der Waals surface area contributed by atoms with Crippen molar-refractivity contribution in [1.29, 1.82) is 0 Å². The zero-order valence-electron chi connectivity index (χ0n) is 18.7. The number of hydrogen-bond donors (Lipinski definition) is 1. The molecule has 11 heteroatoms. The van der Waals surface area contributed by atoms with Gasteiger partial charge in [0.05, 0.1) is 29.9 Å². The first-order valence-corrected chi connectivity index (χ1v) is 10.7. The number of aryl methyl sites for hydroxylation is 1. The van der Waals surface area contributed by atoms with Gasteiger partial charge in [0.1, 0.15) is 18.2 Å². The molecular formula is C24H20F4N6O. The highest BCUT2D eigenvalue weighted by molar-refractivity contribution is 5.63. The lowest BCUT2D eigenvalue weighted by Crippen LogP contribution is -2.34. The third kappa shape index (κ3) is 4.48. The highest BCUT2D eigenvalue weighted by Gasteiger charge is 2.29. The van der Waals surface area contributed by atoms with Crippen LogP contribution >= 0.6 is 0 Å². The van der Waals surface area contributed by atoms with E-state index in [1.54, 1.807) is 37.2 Å². The highest BCUT2D eigenvalue weighted by atomic mass is 19.3. The van der Waals surface area contributed by atoms with Gasteiger partial charge in [-0.25, -0.2) is 27.5 Å². The van der Waals surface area contributed by atoms with E-state index in [2.05, 4.69) is 20.3 Å². The fourth-order valence-electron chi connectivity index (χ4n) is 4.02. The number of imidazole rings is 1. The Morgan fingerprint density at radius 3 is 2.54 bits per heavy atom. The van der Waals surface area contributed by atoms with Gasteiger partial charge in [0.2, 0.25) is 5.95 Å². The molecule has 1 aliphatic heterocycles. The van der Waals surface area contributed by atoms with E-state index in [0.717, 1.165) is 6.07 Å². The van der Waals surface area contributed by atoms with Crippen LogP contribution in [0, 0.1) is 18.6 Å². The molecule has 180 valence electrons. The van der Waals surface area contributed by atoms with Crippen LogP contribution < -0.4 is 15.0 Å². The van der Waals surface area contributed by atoms with Gasteiger partial charge < -0.3 is 19.5 Å². The summed E-state index contributed by atoms with van der Waals surface area (Å²) in [5, 5.41) is 2.94. The molecule has 1 N–H and O–H groups in total. The first-order valence-electron chi connectivity index (χ1n) is 10.7. The zero-order chi connectivity index (χ0) is 24.7. The lowest BCUT2D eigenvalue weighted by Gasteiger charge is -2.35. The second-order valence-electron chi connectivity index (χ2n) is 8.14. The molecule has 0 saturated heterocycles. The van der Waals surface area contributed by atoms with Crippen LogP contribution in [-0.4, -0.2) is 33.2 Å². The van der Waals surface area contributed by atoms with Crippen molar-refractivity contribution in [3.8, 4) is 11.4 Å². The molecule has 1 unspecified atom stereocenters. The van der Waals surface area contributed by atoms with Gasteiger partial charge >= 0.3 is 0 Å². The summed E-state index contributed by atoms with van der Waals surface area (Å²) in [6, 6.07) is 7.33. The van der Waals surface area contributed by atoms with Gasteiger partial charge in [-0.1, -0.05) is 0 Å². The number of likely N-dealkylation sites (N-methyl/N-ethyl adjacent to an activating group) is 1. The molecule has 0 bridgehead atoms. The van der Waals surface area contributed by atoms with Crippen LogP contribution in [0.2, 0.25) is 0 Å². The molecule has 35 heavy (non-hydrogen) atoms. The minimum Gasteiger partial charge on any atom is -0.486 e. The number of aromatic nitrogens is 4. The average Bonchev–Trinajstić information content (AvgIpc) is 3.25. The molecule has 4 aromatic rings. The highest BCUT2D eigenvalue weighted by Crippen LogP contribution is 2.38. The fraction of sp³-hybridized carbons (Fsp3) is 0.208. The van der Waals surface area contributed by atoms with Gasteiger partial charge in [0.25, 0.3) is 6.43 Å². The first kappa shape index (κ1) is 22.6. The van der Waals surface area contributed by atoms with Gasteiger partial charge in [-0.15, -0.1) is 0 Å². The van der Waals surface area contributed by atoms with Gasteiger partial charge in [-0.3, -0.25) is 0 Å². The summed E-state index contributed by atoms with van der Waals surface area (Å²) >= 11 is 0. The Morgan fingerprint density at radius 1 is 1.09 bits per heavy atom. The van der Waals surface area contributed by atoms with Crippen molar-refractivity contribution in [2.75, 3.05) is 23.9 Å². The maximum absolute atomic E-state index is 13.8. The minimum absolute atomic E-state index is 0.148. The van der Waals surface area contributed by atoms with E-state index in [0.29, 0.717) is 34.2 Å². The van der Waals surface area contributed by atoms with Crippen LogP contribution in [0.15, 0.2) is 55.1 Å². The molecule has 1 aliphatic rings. The molecule has 0 aliphatic carbocycles. The van der Waals surface area contributed by atoms with Crippen LogP contribution in [0.3, 0.4) is 0 Å². The molecule has 7 nitrogen and oxygen atoms in total. The number of benzene rings is 2. The molecule has 0 saturated carbocycles. The van der Waals surface area contributed by atoms with E-state index in [1.807, 2.05) is 0 Å². The largest absolute Gasteiger partial charge is 0.486 e. The van der Waals surface area contributed by atoms with Crippen LogP contribution in [0.25, 0.3) is 5.69 Å². The van der Waals surface area contributed by atoms with Crippen LogP contribution in [0.5, 0.6) is 5.75 Å². The monoisotopic (exact) mass is 484 g/mol. The summed E-state index contributed by atoms with van der Waals surface area (Å²) < 4.78 is 62.4. The summed E-state index contributed by atoms with van der Waals surface area (Å²) in [6.07, 6.45) is 1.89. The summed E-state index contributed by atoms with van der Waals surface area (Å²) in [5.41, 5.74) is 1.61. The Balaban J connectivity index is 1.43. The van der Waals surface area contributed by atoms with Gasteiger partial charge in [-0.05, 0) is 42.8 Å². The third-order valence-electron chi connectivity index (χ3n) is 5.71. The SMILES string of the molecule is Cc1cn(-c2ccc(Nc3ncc4c(n3)N(C)C(c3cc(F)cc(F)c3)CO4)cc2C(F)F)cn1. The molecule has 0 spiro atoms. The number of nitrogens with zero attached hydrogens (tertiary/aromatic N) is 5. The van der Waals surface area contributed by atoms with Gasteiger partial charge in [-0.2, -0.15) is 4.98 Å². The first-order chi connectivity index (χ1) is 16.8. The molecule has 3 heterocycles. The predicted molar refractivity (Wildman–Crippen MR) is 122 cm³/mol. The number of halogens is 4. The number of fused-ring (bicyclic) bond motifs is 1. The van der Waals surface area contributed by atoms with Gasteiger partial charge in [0.15, 0.2) is 11.6 Å². The molecule has 0 radical (unpaired) electrons. The van der Waals surface area contributed by atoms with Crippen LogP contribution in [0.1, 0.15) is 29.3 Å². The molecular weight excluding hydrogens is 464 g/mol. The van der Waals surface area contributed by atoms with Crippen molar-refractivity contribution < 1.29 is 22.3 Å². The van der Waals surface area contributed by atoms with E-state index in [1.165, 1.54) is 35.3 Å². The van der Waals surface area contributed by atoms with Gasteiger partial charge in [0, 0.05) is 30.6 Å². The number of anilines is 3. The van der Waals surface area contributed by atoms with E-state index >= 15 is 0 Å². The van der Waals surface area contributed by atoms with Crippen molar-refractivity contribution >= 4 is 17.5 Å². The molecule has 1 atom stereocenters. The maximum Gasteiger partial charge on any atom is 0.265 e. The summed E-state index contributed by atoms with van der Waals surface area (Å²) in [6.45, 7) is 1.92. The number of rotatable bonds is 5. The van der Waals surface area contributed by atoms with Crippen molar-refractivity contribution in [2.24, 2.45) is 0 Å². The van der Waals surface area contributed by atoms with Crippen molar-refractivity contribution in [2.45, 2.75) is 19.4 Å². The minimum atomic E-state index is -2.72. The number of ether oxygens (including phenoxy) is 1. The molecule has 5 rings (SSSR count). The average molecular weight is 484 g/mol. The van der Waals surface area contributed by atoms with Crippen molar-refractivity contribution in [3.63, 3.8) is 0 Å². The summed E-state index contributed by atoms with van der Waals surface area (Å²) in [4.78, 5) is 14.5. The van der Waals surface area contributed by atoms with Crippen molar-refractivity contribution in [1.82, 2.24) is 19.5 Å². The Kier molecular flexibility index (Phi) is 5.75. The Hall–Kier alpha value is -4.15. The Labute approximate surface area is 198 Å². The zero-order valence-corrected chi connectivity index (χ0v) is 18.7. The third-order valence-corrected chi connectivity index (χ3v) is 5.71. The fourth-order valence-corrected chi connectivity index (χ4v) is 4.02. The maximum atomic E-state index is 13.8. The summed E-state index contributed by atoms with van der Waals surface area (Å²) in [5.74, 6) is -0.438. The Bertz CT molecular complexity index is 1370. The van der Waals surface area contributed by atoms with Crippen LogP contribution in [-0.2, 0) is 0 Å². The predicted octanol–water partition coefficient (Wildman–Crippen LogP) is 5.50. The molecule has 0 fully saturated rings. The van der Waals surface area contributed by atoms with Crippen molar-refractivity contribution in [3.05, 3.63) is 83.6 Å². The standard InChI is InChI=1S/C24H20F4N6O/c1-13-10-34(12-30-13)19-4-3-17(8-18(19)22(27)28)31-24-29-9-21-23(32-24)33(2)20(11-35-21)14-5-15(25)7-16(26)6-14/h3-10,12,20,22H,11H2,1-2H3,(H,29,31,32). The Morgan fingerprint density at radius 2 is 1.86 bits per heavy atom. The van der Waals surface area contributed by atoms with E-state index in [4.69, 9.17) is 4.74 Å². The van der Waals surface area contributed by atoms with E-state index in [-0.39, 0.29) is 18.1 Å². The molecule has 2 aromatic heterocycles. The van der Waals surface area contributed by atoms with Crippen LogP contribution in [0.4, 0.5) is 35.0 Å². The van der Waals surface area contributed by atoms with E-state index < -0.39 is 24.1 Å².